The van der Waals surface area contributed by atoms with Gasteiger partial charge in [0.25, 0.3) is 0 Å². The predicted molar refractivity (Wildman–Crippen MR) is 146 cm³/mol. The number of halogens is 1. The molecule has 1 aliphatic rings. The van der Waals surface area contributed by atoms with E-state index >= 15 is 4.39 Å². The summed E-state index contributed by atoms with van der Waals surface area (Å²) in [6.45, 7) is 4.90. The summed E-state index contributed by atoms with van der Waals surface area (Å²) < 4.78 is 42.5. The zero-order valence-electron chi connectivity index (χ0n) is 21.0. The highest BCUT2D eigenvalue weighted by molar-refractivity contribution is 7.92. The summed E-state index contributed by atoms with van der Waals surface area (Å²) in [5.74, 6) is 0.0477. The zero-order chi connectivity index (χ0) is 26.2. The van der Waals surface area contributed by atoms with Crippen LogP contribution in [-0.4, -0.2) is 61.9 Å². The van der Waals surface area contributed by atoms with E-state index in [-0.39, 0.29) is 11.9 Å². The molecule has 2 aromatic carbocycles. The molecule has 0 spiro atoms. The van der Waals surface area contributed by atoms with E-state index in [0.717, 1.165) is 30.6 Å². The van der Waals surface area contributed by atoms with E-state index in [9.17, 15) is 8.42 Å². The summed E-state index contributed by atoms with van der Waals surface area (Å²) in [5, 5.41) is 7.28. The number of anilines is 4. The summed E-state index contributed by atoms with van der Waals surface area (Å²) >= 11 is 0. The van der Waals surface area contributed by atoms with Crippen LogP contribution < -0.4 is 19.8 Å². The smallest absolute Gasteiger partial charge is 0.232 e. The van der Waals surface area contributed by atoms with Crippen molar-refractivity contribution < 1.29 is 12.8 Å². The number of nitrogens with one attached hydrogen (secondary N) is 2. The molecule has 9 nitrogen and oxygen atoms in total. The molecule has 194 valence electrons. The van der Waals surface area contributed by atoms with Gasteiger partial charge in [0.1, 0.15) is 11.5 Å². The average molecular weight is 524 g/mol. The third-order valence-corrected chi connectivity index (χ3v) is 7.88. The van der Waals surface area contributed by atoms with E-state index in [0.29, 0.717) is 35.2 Å². The Morgan fingerprint density at radius 2 is 2.03 bits per heavy atom. The molecule has 0 saturated carbocycles. The molecule has 1 unspecified atom stereocenters. The first kappa shape index (κ1) is 25.0. The monoisotopic (exact) mass is 523 g/mol. The molecule has 1 saturated heterocycles. The second kappa shape index (κ2) is 9.98. The second-order valence-electron chi connectivity index (χ2n) is 9.31. The normalized spacial score (nSPS) is 16.2. The largest absolute Gasteiger partial charge is 0.364 e. The number of benzene rings is 2. The number of rotatable bonds is 7. The van der Waals surface area contributed by atoms with Crippen LogP contribution in [0, 0.1) is 5.82 Å². The van der Waals surface area contributed by atoms with Crippen molar-refractivity contribution >= 4 is 44.1 Å². The lowest BCUT2D eigenvalue weighted by Crippen LogP contribution is -2.50. The van der Waals surface area contributed by atoms with Gasteiger partial charge in [0, 0.05) is 56.2 Å². The number of hydrogen-bond acceptors (Lipinski definition) is 7. The molecule has 0 amide bonds. The molecule has 5 rings (SSSR count). The van der Waals surface area contributed by atoms with Gasteiger partial charge in [0.05, 0.1) is 24.2 Å². The number of nitrogens with zero attached hydrogens (tertiary/aromatic N) is 5. The van der Waals surface area contributed by atoms with Crippen molar-refractivity contribution in [2.24, 2.45) is 0 Å². The van der Waals surface area contributed by atoms with Crippen molar-refractivity contribution in [3.05, 3.63) is 72.3 Å². The van der Waals surface area contributed by atoms with Crippen molar-refractivity contribution in [3.63, 3.8) is 0 Å². The Morgan fingerprint density at radius 3 is 2.78 bits per heavy atom. The average Bonchev–Trinajstić information content (AvgIpc) is 3.26. The van der Waals surface area contributed by atoms with E-state index in [1.54, 1.807) is 25.4 Å². The molecular weight excluding hydrogens is 493 g/mol. The lowest BCUT2D eigenvalue weighted by molar-refractivity contribution is 0.491. The van der Waals surface area contributed by atoms with Gasteiger partial charge in [-0.3, -0.25) is 4.31 Å². The van der Waals surface area contributed by atoms with E-state index < -0.39 is 10.0 Å². The molecule has 37 heavy (non-hydrogen) atoms. The maximum atomic E-state index is 15.0. The highest BCUT2D eigenvalue weighted by atomic mass is 32.2. The van der Waals surface area contributed by atoms with Gasteiger partial charge in [0.15, 0.2) is 0 Å². The zero-order valence-corrected chi connectivity index (χ0v) is 21.8. The molecule has 3 heterocycles. The number of aromatic nitrogens is 3. The van der Waals surface area contributed by atoms with Gasteiger partial charge in [-0.25, -0.2) is 17.8 Å². The topological polar surface area (TPSA) is 95.4 Å². The maximum Gasteiger partial charge on any atom is 0.232 e. The molecule has 0 bridgehead atoms. The molecule has 2 aromatic heterocycles. The van der Waals surface area contributed by atoms with Gasteiger partial charge in [-0.2, -0.15) is 4.98 Å². The van der Waals surface area contributed by atoms with E-state index in [1.165, 1.54) is 16.6 Å². The third kappa shape index (κ3) is 5.23. The Kier molecular flexibility index (Phi) is 6.74. The molecule has 4 aromatic rings. The minimum atomic E-state index is -3.41. The fourth-order valence-electron chi connectivity index (χ4n) is 4.62. The number of piperazine rings is 1. The highest BCUT2D eigenvalue weighted by Crippen LogP contribution is 2.28. The quantitative estimate of drug-likeness (QED) is 0.383. The molecule has 1 aliphatic heterocycles. The minimum absolute atomic E-state index is 0.211. The van der Waals surface area contributed by atoms with Crippen LogP contribution in [-0.2, 0) is 16.6 Å². The van der Waals surface area contributed by atoms with Crippen LogP contribution in [0.15, 0.2) is 60.9 Å². The maximum absolute atomic E-state index is 15.0. The number of hydrogen-bond donors (Lipinski definition) is 2. The van der Waals surface area contributed by atoms with Crippen molar-refractivity contribution in [1.29, 1.82) is 0 Å². The van der Waals surface area contributed by atoms with Crippen LogP contribution >= 0.6 is 0 Å². The van der Waals surface area contributed by atoms with E-state index in [1.807, 2.05) is 41.1 Å². The number of fused-ring (bicyclic) bond motifs is 1. The van der Waals surface area contributed by atoms with Crippen LogP contribution in [0.2, 0.25) is 0 Å². The third-order valence-electron chi connectivity index (χ3n) is 6.69. The molecule has 11 heteroatoms. The van der Waals surface area contributed by atoms with Gasteiger partial charge in [0.2, 0.25) is 16.0 Å². The fourth-order valence-corrected chi connectivity index (χ4v) is 5.15. The van der Waals surface area contributed by atoms with Gasteiger partial charge in [-0.1, -0.05) is 18.2 Å². The van der Waals surface area contributed by atoms with Gasteiger partial charge >= 0.3 is 0 Å². The first-order chi connectivity index (χ1) is 17.7. The molecular formula is C26H30FN7O2S. The summed E-state index contributed by atoms with van der Waals surface area (Å²) in [7, 11) is -1.87. The van der Waals surface area contributed by atoms with Gasteiger partial charge in [-0.15, -0.1) is 0 Å². The summed E-state index contributed by atoms with van der Waals surface area (Å²) in [5.41, 5.74) is 3.26. The van der Waals surface area contributed by atoms with Crippen LogP contribution in [0.3, 0.4) is 0 Å². The van der Waals surface area contributed by atoms with E-state index in [2.05, 4.69) is 32.4 Å². The van der Waals surface area contributed by atoms with Gasteiger partial charge in [-0.05, 0) is 42.8 Å². The van der Waals surface area contributed by atoms with Crippen LogP contribution in [0.25, 0.3) is 11.0 Å². The Balaban J connectivity index is 1.40. The highest BCUT2D eigenvalue weighted by Gasteiger charge is 2.21. The second-order valence-corrected chi connectivity index (χ2v) is 11.3. The van der Waals surface area contributed by atoms with E-state index in [4.69, 9.17) is 0 Å². The molecule has 0 radical (unpaired) electrons. The Hall–Kier alpha value is -3.70. The van der Waals surface area contributed by atoms with Crippen molar-refractivity contribution in [2.75, 3.05) is 47.5 Å². The number of para-hydroxylation sites is 1. The fraction of sp³-hybridized carbons (Fsp3) is 0.308. The minimum Gasteiger partial charge on any atom is -0.364 e. The lowest BCUT2D eigenvalue weighted by Gasteiger charge is -2.36. The van der Waals surface area contributed by atoms with Crippen LogP contribution in [0.4, 0.5) is 27.4 Å². The standard InChI is InChI=1S/C26H30FN7O2S/c1-18-15-28-11-13-34(18)24-9-8-21(14-22(24)27)30-26-29-16-19-10-12-33(25(19)31-26)17-20-6-4-5-7-23(20)32(2)37(3,35)36/h4-10,12,14,16,18,28H,11,13,15,17H2,1-3H3,(H,29,30,31). The van der Waals surface area contributed by atoms with Crippen molar-refractivity contribution in [2.45, 2.75) is 19.5 Å². The first-order valence-electron chi connectivity index (χ1n) is 12.1. The summed E-state index contributed by atoms with van der Waals surface area (Å²) in [6.07, 6.45) is 4.78. The molecule has 1 atom stereocenters. The number of sulfonamides is 1. The van der Waals surface area contributed by atoms with Crippen molar-refractivity contribution in [1.82, 2.24) is 19.9 Å². The summed E-state index contributed by atoms with van der Waals surface area (Å²) in [4.78, 5) is 11.1. The molecule has 0 aliphatic carbocycles. The summed E-state index contributed by atoms with van der Waals surface area (Å²) in [6, 6.07) is 14.6. The van der Waals surface area contributed by atoms with Crippen LogP contribution in [0.5, 0.6) is 0 Å². The van der Waals surface area contributed by atoms with Gasteiger partial charge < -0.3 is 20.1 Å². The van der Waals surface area contributed by atoms with Crippen LogP contribution in [0.1, 0.15) is 12.5 Å². The lowest BCUT2D eigenvalue weighted by atomic mass is 10.1. The van der Waals surface area contributed by atoms with Crippen molar-refractivity contribution in [3.8, 4) is 0 Å². The first-order valence-corrected chi connectivity index (χ1v) is 13.9. The SMILES string of the molecule is CC1CNCCN1c1ccc(Nc2ncc3ccn(Cc4ccccc4N(C)S(C)(=O)=O)c3n2)cc1F. The Labute approximate surface area is 216 Å². The molecule has 1 fully saturated rings. The predicted octanol–water partition coefficient (Wildman–Crippen LogP) is 3.56. The Bertz CT molecular complexity index is 1540. The molecule has 2 N–H and O–H groups in total. The Morgan fingerprint density at radius 1 is 1.22 bits per heavy atom.